The second-order valence-corrected chi connectivity index (χ2v) is 10.6. The molecule has 1 aliphatic heterocycles. The standard InChI is InChI=1S/C24H29N2O6P/c27-22(32-24(29)21-12-7-15-25-21)17-33(30,31)16-20(14-13-18-8-3-1-4-9-18)26-23(28)19-10-5-2-6-11-19/h1-6,8-11,20-21,25H,7,12-17H2,(H,26,28)(H,30,31)/t20?,21-/m0/s1. The van der Waals surface area contributed by atoms with Crippen molar-refractivity contribution in [2.24, 2.45) is 0 Å². The van der Waals surface area contributed by atoms with E-state index < -0.39 is 37.6 Å². The highest BCUT2D eigenvalue weighted by Gasteiger charge is 2.32. The first-order chi connectivity index (χ1) is 15.8. The minimum absolute atomic E-state index is 0.302. The molecule has 3 atom stereocenters. The molecule has 0 aliphatic carbocycles. The maximum absolute atomic E-state index is 12.8. The summed E-state index contributed by atoms with van der Waals surface area (Å²) in [6.45, 7) is 0.663. The van der Waals surface area contributed by atoms with Crippen LogP contribution in [0, 0.1) is 0 Å². The van der Waals surface area contributed by atoms with Gasteiger partial charge in [-0.15, -0.1) is 0 Å². The number of hydrogen-bond donors (Lipinski definition) is 3. The van der Waals surface area contributed by atoms with Crippen molar-refractivity contribution in [3.05, 3.63) is 71.8 Å². The van der Waals surface area contributed by atoms with Gasteiger partial charge in [-0.05, 0) is 49.9 Å². The number of benzene rings is 2. The molecule has 1 aliphatic rings. The van der Waals surface area contributed by atoms with Gasteiger partial charge in [0.25, 0.3) is 5.91 Å². The number of amides is 1. The first-order valence-electron chi connectivity index (χ1n) is 11.0. The van der Waals surface area contributed by atoms with Crippen molar-refractivity contribution in [2.75, 3.05) is 18.9 Å². The predicted molar refractivity (Wildman–Crippen MR) is 124 cm³/mol. The zero-order valence-electron chi connectivity index (χ0n) is 18.3. The Morgan fingerprint density at radius 2 is 1.76 bits per heavy atom. The molecule has 1 fully saturated rings. The van der Waals surface area contributed by atoms with E-state index in [9.17, 15) is 23.8 Å². The van der Waals surface area contributed by atoms with Crippen LogP contribution in [0.15, 0.2) is 60.7 Å². The number of aryl methyl sites for hydroxylation is 1. The van der Waals surface area contributed by atoms with Crippen LogP contribution in [0.5, 0.6) is 0 Å². The molecule has 1 heterocycles. The molecule has 0 spiro atoms. The fourth-order valence-corrected chi connectivity index (χ4v) is 5.32. The van der Waals surface area contributed by atoms with E-state index in [1.807, 2.05) is 30.3 Å². The van der Waals surface area contributed by atoms with Crippen molar-refractivity contribution < 1.29 is 28.6 Å². The Labute approximate surface area is 193 Å². The Hall–Kier alpha value is -2.80. The molecule has 33 heavy (non-hydrogen) atoms. The molecule has 176 valence electrons. The van der Waals surface area contributed by atoms with E-state index in [1.54, 1.807) is 30.3 Å². The van der Waals surface area contributed by atoms with Gasteiger partial charge >= 0.3 is 11.9 Å². The van der Waals surface area contributed by atoms with E-state index in [0.29, 0.717) is 31.4 Å². The zero-order valence-corrected chi connectivity index (χ0v) is 19.2. The van der Waals surface area contributed by atoms with Gasteiger partial charge in [0.2, 0.25) is 7.37 Å². The SMILES string of the molecule is O=C(CP(=O)(O)CC(CCc1ccccc1)NC(=O)c1ccccc1)OC(=O)[C@@H]1CCCN1. The van der Waals surface area contributed by atoms with Crippen molar-refractivity contribution in [2.45, 2.75) is 37.8 Å². The predicted octanol–water partition coefficient (Wildman–Crippen LogP) is 2.51. The average molecular weight is 472 g/mol. The molecule has 0 radical (unpaired) electrons. The Balaban J connectivity index is 1.62. The fourth-order valence-electron chi connectivity index (χ4n) is 3.76. The highest BCUT2D eigenvalue weighted by molar-refractivity contribution is 7.59. The van der Waals surface area contributed by atoms with E-state index in [2.05, 4.69) is 10.6 Å². The van der Waals surface area contributed by atoms with Crippen LogP contribution < -0.4 is 10.6 Å². The molecule has 2 aromatic rings. The van der Waals surface area contributed by atoms with Gasteiger partial charge < -0.3 is 20.3 Å². The average Bonchev–Trinajstić information content (AvgIpc) is 3.33. The Morgan fingerprint density at radius 1 is 1.09 bits per heavy atom. The maximum Gasteiger partial charge on any atom is 0.330 e. The molecule has 2 unspecified atom stereocenters. The van der Waals surface area contributed by atoms with Crippen LogP contribution >= 0.6 is 7.37 Å². The number of nitrogens with one attached hydrogen (secondary N) is 2. The van der Waals surface area contributed by atoms with Gasteiger partial charge in [-0.1, -0.05) is 48.5 Å². The molecule has 0 bridgehead atoms. The third-order valence-corrected chi connectivity index (χ3v) is 7.20. The molecule has 8 nitrogen and oxygen atoms in total. The number of hydrogen-bond acceptors (Lipinski definition) is 6. The molecule has 0 saturated carbocycles. The maximum atomic E-state index is 12.8. The number of ether oxygens (including phenoxy) is 1. The second-order valence-electron chi connectivity index (χ2n) is 8.19. The lowest BCUT2D eigenvalue weighted by Gasteiger charge is -2.22. The van der Waals surface area contributed by atoms with Gasteiger partial charge in [0.1, 0.15) is 12.2 Å². The minimum Gasteiger partial charge on any atom is -0.392 e. The largest absolute Gasteiger partial charge is 0.392 e. The van der Waals surface area contributed by atoms with Gasteiger partial charge in [-0.2, -0.15) is 0 Å². The van der Waals surface area contributed by atoms with Crippen molar-refractivity contribution in [3.63, 3.8) is 0 Å². The zero-order chi connectivity index (χ0) is 23.7. The van der Waals surface area contributed by atoms with Crippen LogP contribution in [0.25, 0.3) is 0 Å². The van der Waals surface area contributed by atoms with Crippen molar-refractivity contribution in [1.82, 2.24) is 10.6 Å². The van der Waals surface area contributed by atoms with Crippen LogP contribution in [0.3, 0.4) is 0 Å². The van der Waals surface area contributed by atoms with E-state index >= 15 is 0 Å². The highest BCUT2D eigenvalue weighted by atomic mass is 31.2. The van der Waals surface area contributed by atoms with E-state index in [4.69, 9.17) is 4.74 Å². The third kappa shape index (κ3) is 8.24. The molecule has 2 aromatic carbocycles. The lowest BCUT2D eigenvalue weighted by atomic mass is 10.1. The molecule has 1 saturated heterocycles. The van der Waals surface area contributed by atoms with E-state index in [1.165, 1.54) is 0 Å². The van der Waals surface area contributed by atoms with Crippen LogP contribution in [-0.2, 0) is 25.3 Å². The fraction of sp³-hybridized carbons (Fsp3) is 0.375. The van der Waals surface area contributed by atoms with Crippen LogP contribution in [0.2, 0.25) is 0 Å². The monoisotopic (exact) mass is 472 g/mol. The summed E-state index contributed by atoms with van der Waals surface area (Å²) in [7, 11) is -4.02. The quantitative estimate of drug-likeness (QED) is 0.276. The van der Waals surface area contributed by atoms with Gasteiger partial charge in [0.15, 0.2) is 0 Å². The Morgan fingerprint density at radius 3 is 2.39 bits per heavy atom. The molecule has 3 N–H and O–H groups in total. The summed E-state index contributed by atoms with van der Waals surface area (Å²) in [5.74, 6) is -2.12. The van der Waals surface area contributed by atoms with Crippen LogP contribution in [0.4, 0.5) is 0 Å². The Bertz CT molecular complexity index is 993. The van der Waals surface area contributed by atoms with E-state index in [0.717, 1.165) is 12.0 Å². The number of rotatable bonds is 10. The topological polar surface area (TPSA) is 122 Å². The lowest BCUT2D eigenvalue weighted by molar-refractivity contribution is -0.159. The summed E-state index contributed by atoms with van der Waals surface area (Å²) in [5.41, 5.74) is 1.46. The van der Waals surface area contributed by atoms with E-state index in [-0.39, 0.29) is 12.1 Å². The summed E-state index contributed by atoms with van der Waals surface area (Å²) in [6.07, 6.45) is 1.27. The van der Waals surface area contributed by atoms with Crippen molar-refractivity contribution in [1.29, 1.82) is 0 Å². The molecule has 0 aromatic heterocycles. The van der Waals surface area contributed by atoms with Crippen molar-refractivity contribution >= 4 is 25.2 Å². The molecular weight excluding hydrogens is 443 g/mol. The lowest BCUT2D eigenvalue weighted by Crippen LogP contribution is -2.38. The molecular formula is C24H29N2O6P. The number of carbonyl (C=O) groups is 3. The van der Waals surface area contributed by atoms with Crippen LogP contribution in [-0.4, -0.2) is 53.7 Å². The molecule has 9 heteroatoms. The summed E-state index contributed by atoms with van der Waals surface area (Å²) in [5, 5.41) is 5.74. The summed E-state index contributed by atoms with van der Waals surface area (Å²) in [6, 6.07) is 16.9. The summed E-state index contributed by atoms with van der Waals surface area (Å²) in [4.78, 5) is 47.3. The minimum atomic E-state index is -4.02. The molecule has 1 amide bonds. The normalized spacial score (nSPS) is 18.2. The Kier molecular flexibility index (Phi) is 8.95. The summed E-state index contributed by atoms with van der Waals surface area (Å²) < 4.78 is 17.6. The highest BCUT2D eigenvalue weighted by Crippen LogP contribution is 2.41. The smallest absolute Gasteiger partial charge is 0.330 e. The summed E-state index contributed by atoms with van der Waals surface area (Å²) >= 11 is 0. The molecule has 3 rings (SSSR count). The van der Waals surface area contributed by atoms with Gasteiger partial charge in [0.05, 0.1) is 0 Å². The van der Waals surface area contributed by atoms with Gasteiger partial charge in [0, 0.05) is 17.8 Å². The van der Waals surface area contributed by atoms with Gasteiger partial charge in [-0.3, -0.25) is 14.2 Å². The van der Waals surface area contributed by atoms with Gasteiger partial charge in [-0.25, -0.2) is 4.79 Å². The third-order valence-electron chi connectivity index (χ3n) is 5.44. The van der Waals surface area contributed by atoms with Crippen LogP contribution in [0.1, 0.15) is 35.2 Å². The van der Waals surface area contributed by atoms with Crippen molar-refractivity contribution in [3.8, 4) is 0 Å². The number of esters is 2. The first kappa shape index (κ1) is 24.8. The first-order valence-corrected chi connectivity index (χ1v) is 13.0. The second kappa shape index (κ2) is 11.9. The number of carbonyl (C=O) groups excluding carboxylic acids is 3.